The van der Waals surface area contributed by atoms with Crippen LogP contribution in [0.3, 0.4) is 0 Å². The lowest BCUT2D eigenvalue weighted by molar-refractivity contribution is -0.155. The molecule has 1 heterocycles. The predicted octanol–water partition coefficient (Wildman–Crippen LogP) is 0.583. The minimum Gasteiger partial charge on any atom is -0.327 e. The number of carbonyl (C=O) groups is 1. The molecule has 82 valence electrons. The van der Waals surface area contributed by atoms with Gasteiger partial charge in [0.25, 0.3) is 0 Å². The van der Waals surface area contributed by atoms with Gasteiger partial charge >= 0.3 is 0 Å². The molecule has 1 amide bonds. The second-order valence-electron chi connectivity index (χ2n) is 4.01. The number of hydrogen-bond donors (Lipinski definition) is 1. The Morgan fingerprint density at radius 1 is 1.57 bits per heavy atom. The molecular weight excluding hydrogens is 178 g/mol. The highest BCUT2D eigenvalue weighted by Gasteiger charge is 2.25. The number of nitrogens with two attached hydrogens (primary N) is 1. The third-order valence-electron chi connectivity index (χ3n) is 2.37. The first-order valence-electron chi connectivity index (χ1n) is 5.46. The van der Waals surface area contributed by atoms with E-state index in [4.69, 9.17) is 5.73 Å². The summed E-state index contributed by atoms with van der Waals surface area (Å²) < 4.78 is 0. The van der Waals surface area contributed by atoms with Crippen LogP contribution >= 0.6 is 0 Å². The first-order chi connectivity index (χ1) is 6.65. The number of hydrogen-bond acceptors (Lipinski definition) is 3. The van der Waals surface area contributed by atoms with Crippen LogP contribution in [0.25, 0.3) is 0 Å². The summed E-state index contributed by atoms with van der Waals surface area (Å²) in [5, 5.41) is 3.97. The molecule has 1 unspecified atom stereocenters. The number of amides is 1. The summed E-state index contributed by atoms with van der Waals surface area (Å²) in [6.45, 7) is 6.64. The van der Waals surface area contributed by atoms with Crippen molar-refractivity contribution in [2.75, 3.05) is 19.6 Å². The molecule has 4 nitrogen and oxygen atoms in total. The zero-order chi connectivity index (χ0) is 10.6. The molecule has 0 saturated carbocycles. The van der Waals surface area contributed by atoms with Gasteiger partial charge in [0.2, 0.25) is 5.91 Å². The maximum atomic E-state index is 11.6. The zero-order valence-corrected chi connectivity index (χ0v) is 9.20. The van der Waals surface area contributed by atoms with Crippen LogP contribution in [0.5, 0.6) is 0 Å². The molecule has 1 rings (SSSR count). The molecule has 2 N–H and O–H groups in total. The molecular formula is C10H21N3O. The van der Waals surface area contributed by atoms with Gasteiger partial charge in [-0.1, -0.05) is 6.92 Å². The molecule has 1 saturated heterocycles. The molecule has 4 heteroatoms. The minimum absolute atomic E-state index is 0.125. The van der Waals surface area contributed by atoms with Crippen molar-refractivity contribution in [2.24, 2.45) is 5.73 Å². The van der Waals surface area contributed by atoms with Gasteiger partial charge in [-0.15, -0.1) is 0 Å². The summed E-state index contributed by atoms with van der Waals surface area (Å²) in [7, 11) is 0. The molecule has 14 heavy (non-hydrogen) atoms. The van der Waals surface area contributed by atoms with Gasteiger partial charge in [-0.05, 0) is 19.8 Å². The minimum atomic E-state index is 0.125. The van der Waals surface area contributed by atoms with Gasteiger partial charge in [0.05, 0.1) is 0 Å². The molecule has 0 aliphatic carbocycles. The third-order valence-corrected chi connectivity index (χ3v) is 2.37. The standard InChI is InChI=1S/C10H21N3O/c1-3-6-13-10(14)5-4-7-12(13)8-9(2)11/h9H,3-8,11H2,1-2H3. The second-order valence-corrected chi connectivity index (χ2v) is 4.01. The Labute approximate surface area is 86.0 Å². The van der Waals surface area contributed by atoms with E-state index in [0.29, 0.717) is 6.42 Å². The number of nitrogens with zero attached hydrogens (tertiary/aromatic N) is 2. The third kappa shape index (κ3) is 2.96. The lowest BCUT2D eigenvalue weighted by Crippen LogP contribution is -2.53. The quantitative estimate of drug-likeness (QED) is 0.720. The Morgan fingerprint density at radius 2 is 2.29 bits per heavy atom. The van der Waals surface area contributed by atoms with E-state index in [9.17, 15) is 4.79 Å². The number of hydrazine groups is 1. The second kappa shape index (κ2) is 5.32. The van der Waals surface area contributed by atoms with E-state index in [2.05, 4.69) is 11.9 Å². The predicted molar refractivity (Wildman–Crippen MR) is 56.5 cm³/mol. The molecule has 0 spiro atoms. The summed E-state index contributed by atoms with van der Waals surface area (Å²) >= 11 is 0. The fourth-order valence-corrected chi connectivity index (χ4v) is 1.82. The van der Waals surface area contributed by atoms with Gasteiger partial charge in [-0.25, -0.2) is 5.01 Å². The molecule has 1 aliphatic rings. The van der Waals surface area contributed by atoms with E-state index >= 15 is 0 Å². The van der Waals surface area contributed by atoms with Gasteiger partial charge in [-0.2, -0.15) is 0 Å². The zero-order valence-electron chi connectivity index (χ0n) is 9.20. The fourth-order valence-electron chi connectivity index (χ4n) is 1.82. The summed E-state index contributed by atoms with van der Waals surface area (Å²) in [5.74, 6) is 0.249. The fraction of sp³-hybridized carbons (Fsp3) is 0.900. The first kappa shape index (κ1) is 11.5. The molecule has 0 aromatic rings. The van der Waals surface area contributed by atoms with Crippen molar-refractivity contribution < 1.29 is 4.79 Å². The van der Waals surface area contributed by atoms with Crippen molar-refractivity contribution in [3.63, 3.8) is 0 Å². The summed E-state index contributed by atoms with van der Waals surface area (Å²) in [6.07, 6.45) is 2.66. The van der Waals surface area contributed by atoms with Crippen LogP contribution in [-0.4, -0.2) is 41.6 Å². The van der Waals surface area contributed by atoms with Crippen molar-refractivity contribution in [3.05, 3.63) is 0 Å². The van der Waals surface area contributed by atoms with E-state index in [0.717, 1.165) is 32.5 Å². The van der Waals surface area contributed by atoms with Crippen LogP contribution in [-0.2, 0) is 4.79 Å². The van der Waals surface area contributed by atoms with Crippen molar-refractivity contribution in [3.8, 4) is 0 Å². The summed E-state index contributed by atoms with van der Waals surface area (Å²) in [6, 6.07) is 0.125. The van der Waals surface area contributed by atoms with Crippen molar-refractivity contribution >= 4 is 5.91 Å². The molecule has 0 bridgehead atoms. The average molecular weight is 199 g/mol. The SMILES string of the molecule is CCCN1C(=O)CCCN1CC(C)N. The van der Waals surface area contributed by atoms with E-state index in [1.807, 2.05) is 11.9 Å². The van der Waals surface area contributed by atoms with Crippen molar-refractivity contribution in [1.82, 2.24) is 10.0 Å². The molecule has 1 aliphatic heterocycles. The van der Waals surface area contributed by atoms with Gasteiger partial charge in [0.1, 0.15) is 0 Å². The van der Waals surface area contributed by atoms with E-state index in [1.54, 1.807) is 0 Å². The largest absolute Gasteiger partial charge is 0.327 e. The van der Waals surface area contributed by atoms with Gasteiger partial charge in [0, 0.05) is 32.1 Å². The number of carbonyl (C=O) groups excluding carboxylic acids is 1. The van der Waals surface area contributed by atoms with Crippen LogP contribution < -0.4 is 5.73 Å². The highest BCUT2D eigenvalue weighted by molar-refractivity contribution is 5.76. The van der Waals surface area contributed by atoms with Gasteiger partial charge in [0.15, 0.2) is 0 Å². The van der Waals surface area contributed by atoms with E-state index in [1.165, 1.54) is 0 Å². The van der Waals surface area contributed by atoms with Crippen LogP contribution in [0, 0.1) is 0 Å². The molecule has 0 aromatic carbocycles. The summed E-state index contributed by atoms with van der Waals surface area (Å²) in [4.78, 5) is 11.6. The smallest absolute Gasteiger partial charge is 0.236 e. The normalized spacial score (nSPS) is 21.4. The Balaban J connectivity index is 2.55. The van der Waals surface area contributed by atoms with Crippen molar-refractivity contribution in [1.29, 1.82) is 0 Å². The highest BCUT2D eigenvalue weighted by atomic mass is 16.2. The van der Waals surface area contributed by atoms with Gasteiger partial charge in [-0.3, -0.25) is 9.80 Å². The first-order valence-corrected chi connectivity index (χ1v) is 5.46. The van der Waals surface area contributed by atoms with Crippen LogP contribution in [0.1, 0.15) is 33.1 Å². The molecule has 1 fully saturated rings. The van der Waals surface area contributed by atoms with Gasteiger partial charge < -0.3 is 5.73 Å². The Kier molecular flexibility index (Phi) is 4.35. The maximum absolute atomic E-state index is 11.6. The highest BCUT2D eigenvalue weighted by Crippen LogP contribution is 2.12. The lowest BCUT2D eigenvalue weighted by atomic mass is 10.2. The average Bonchev–Trinajstić information content (AvgIpc) is 2.10. The number of rotatable bonds is 4. The van der Waals surface area contributed by atoms with Crippen LogP contribution in [0.2, 0.25) is 0 Å². The maximum Gasteiger partial charge on any atom is 0.236 e. The lowest BCUT2D eigenvalue weighted by Gasteiger charge is -2.39. The Bertz CT molecular complexity index is 194. The van der Waals surface area contributed by atoms with Crippen LogP contribution in [0.4, 0.5) is 0 Å². The van der Waals surface area contributed by atoms with E-state index < -0.39 is 0 Å². The van der Waals surface area contributed by atoms with Crippen molar-refractivity contribution in [2.45, 2.75) is 39.2 Å². The topological polar surface area (TPSA) is 49.6 Å². The van der Waals surface area contributed by atoms with E-state index in [-0.39, 0.29) is 11.9 Å². The molecule has 1 atom stereocenters. The Morgan fingerprint density at radius 3 is 2.86 bits per heavy atom. The monoisotopic (exact) mass is 199 g/mol. The molecule has 0 aromatic heterocycles. The van der Waals surface area contributed by atoms with Crippen LogP contribution in [0.15, 0.2) is 0 Å². The summed E-state index contributed by atoms with van der Waals surface area (Å²) in [5.41, 5.74) is 5.75. The Hall–Kier alpha value is -0.610. The molecule has 0 radical (unpaired) electrons.